The first-order chi connectivity index (χ1) is 10.5. The van der Waals surface area contributed by atoms with Crippen molar-refractivity contribution in [2.24, 2.45) is 17.8 Å². The number of benzene rings is 1. The lowest BCUT2D eigenvalue weighted by molar-refractivity contribution is -0.122. The van der Waals surface area contributed by atoms with E-state index in [9.17, 15) is 4.79 Å². The van der Waals surface area contributed by atoms with Gasteiger partial charge in [0, 0.05) is 24.1 Å². The molecule has 0 aromatic heterocycles. The van der Waals surface area contributed by atoms with Crippen molar-refractivity contribution in [1.82, 2.24) is 5.32 Å². The zero-order chi connectivity index (χ0) is 16.1. The average Bonchev–Trinajstić information content (AvgIpc) is 3.24. The van der Waals surface area contributed by atoms with Crippen LogP contribution in [0, 0.1) is 17.8 Å². The molecule has 2 rings (SSSR count). The van der Waals surface area contributed by atoms with Gasteiger partial charge in [0.25, 0.3) is 0 Å². The van der Waals surface area contributed by atoms with E-state index in [0.29, 0.717) is 24.3 Å². The largest absolute Gasteiger partial charge is 0.396 e. The van der Waals surface area contributed by atoms with Gasteiger partial charge in [-0.1, -0.05) is 37.6 Å². The van der Waals surface area contributed by atoms with Crippen LogP contribution < -0.4 is 5.32 Å². The highest BCUT2D eigenvalue weighted by molar-refractivity contribution is 6.30. The summed E-state index contributed by atoms with van der Waals surface area (Å²) < 4.78 is 0. The molecule has 22 heavy (non-hydrogen) atoms. The molecule has 1 fully saturated rings. The number of amides is 1. The zero-order valence-electron chi connectivity index (χ0n) is 13.4. The third-order valence-electron chi connectivity index (χ3n) is 4.31. The van der Waals surface area contributed by atoms with E-state index in [1.807, 2.05) is 24.3 Å². The number of carbonyl (C=O) groups excluding carboxylic acids is 1. The van der Waals surface area contributed by atoms with Crippen molar-refractivity contribution in [3.63, 3.8) is 0 Å². The van der Waals surface area contributed by atoms with Crippen molar-refractivity contribution in [3.05, 3.63) is 34.9 Å². The van der Waals surface area contributed by atoms with Gasteiger partial charge in [-0.25, -0.2) is 0 Å². The van der Waals surface area contributed by atoms with Gasteiger partial charge in [0.1, 0.15) is 0 Å². The molecule has 3 nitrogen and oxygen atoms in total. The molecule has 1 aromatic rings. The number of aliphatic hydroxyl groups excluding tert-OH is 1. The summed E-state index contributed by atoms with van der Waals surface area (Å²) in [6, 6.07) is 7.78. The average molecular weight is 324 g/mol. The Morgan fingerprint density at radius 1 is 1.45 bits per heavy atom. The monoisotopic (exact) mass is 323 g/mol. The van der Waals surface area contributed by atoms with Crippen LogP contribution in [0.2, 0.25) is 5.02 Å². The second-order valence-electron chi connectivity index (χ2n) is 6.76. The first-order valence-electron chi connectivity index (χ1n) is 8.15. The summed E-state index contributed by atoms with van der Waals surface area (Å²) in [6.45, 7) is 5.18. The Labute approximate surface area is 138 Å². The van der Waals surface area contributed by atoms with Crippen LogP contribution in [0.3, 0.4) is 0 Å². The van der Waals surface area contributed by atoms with Crippen LogP contribution in [0.4, 0.5) is 0 Å². The minimum atomic E-state index is 0.0762. The van der Waals surface area contributed by atoms with E-state index < -0.39 is 0 Å². The van der Waals surface area contributed by atoms with Gasteiger partial charge in [-0.3, -0.25) is 4.79 Å². The molecule has 2 N–H and O–H groups in total. The SMILES string of the molecule is CC(C)CC(CCO)CNC(=O)C1CC1c1cccc(Cl)c1. The highest BCUT2D eigenvalue weighted by Gasteiger charge is 2.43. The number of nitrogens with one attached hydrogen (secondary N) is 1. The van der Waals surface area contributed by atoms with Crippen molar-refractivity contribution in [2.45, 2.75) is 39.0 Å². The molecule has 3 atom stereocenters. The predicted molar refractivity (Wildman–Crippen MR) is 90.0 cm³/mol. The molecule has 0 bridgehead atoms. The maximum atomic E-state index is 12.3. The molecule has 0 aliphatic heterocycles. The van der Waals surface area contributed by atoms with Crippen LogP contribution in [0.15, 0.2) is 24.3 Å². The maximum Gasteiger partial charge on any atom is 0.223 e. The second kappa shape index (κ2) is 7.98. The van der Waals surface area contributed by atoms with E-state index in [1.54, 1.807) is 0 Å². The third-order valence-corrected chi connectivity index (χ3v) is 4.55. The van der Waals surface area contributed by atoms with Gasteiger partial charge in [0.15, 0.2) is 0 Å². The quantitative estimate of drug-likeness (QED) is 0.768. The van der Waals surface area contributed by atoms with Crippen molar-refractivity contribution >= 4 is 17.5 Å². The Balaban J connectivity index is 1.81. The molecule has 1 amide bonds. The van der Waals surface area contributed by atoms with E-state index in [-0.39, 0.29) is 18.4 Å². The van der Waals surface area contributed by atoms with Crippen LogP contribution in [0.5, 0.6) is 0 Å². The first kappa shape index (κ1) is 17.3. The van der Waals surface area contributed by atoms with Crippen LogP contribution in [0.25, 0.3) is 0 Å². The number of hydrogen-bond acceptors (Lipinski definition) is 2. The van der Waals surface area contributed by atoms with Crippen LogP contribution >= 0.6 is 11.6 Å². The van der Waals surface area contributed by atoms with E-state index in [4.69, 9.17) is 16.7 Å². The highest BCUT2D eigenvalue weighted by Crippen LogP contribution is 2.47. The van der Waals surface area contributed by atoms with Crippen molar-refractivity contribution < 1.29 is 9.90 Å². The highest BCUT2D eigenvalue weighted by atomic mass is 35.5. The summed E-state index contributed by atoms with van der Waals surface area (Å²) in [7, 11) is 0. The Morgan fingerprint density at radius 3 is 2.86 bits per heavy atom. The lowest BCUT2D eigenvalue weighted by atomic mass is 9.94. The molecule has 3 unspecified atom stereocenters. The molecule has 1 aliphatic rings. The molecule has 1 saturated carbocycles. The first-order valence-corrected chi connectivity index (χ1v) is 8.53. The molecule has 0 spiro atoms. The summed E-state index contributed by atoms with van der Waals surface area (Å²) in [6.07, 6.45) is 2.69. The fourth-order valence-electron chi connectivity index (χ4n) is 3.12. The summed E-state index contributed by atoms with van der Waals surface area (Å²) in [4.78, 5) is 12.3. The van der Waals surface area contributed by atoms with Gasteiger partial charge in [0.05, 0.1) is 0 Å². The minimum absolute atomic E-state index is 0.0762. The van der Waals surface area contributed by atoms with Gasteiger partial charge in [0.2, 0.25) is 5.91 Å². The van der Waals surface area contributed by atoms with E-state index in [1.165, 1.54) is 0 Å². The van der Waals surface area contributed by atoms with E-state index in [0.717, 1.165) is 29.8 Å². The minimum Gasteiger partial charge on any atom is -0.396 e. The second-order valence-corrected chi connectivity index (χ2v) is 7.19. The Hall–Kier alpha value is -1.06. The van der Waals surface area contributed by atoms with Crippen molar-refractivity contribution in [1.29, 1.82) is 0 Å². The summed E-state index contributed by atoms with van der Waals surface area (Å²) in [5.74, 6) is 1.45. The van der Waals surface area contributed by atoms with Crippen LogP contribution in [0.1, 0.15) is 44.6 Å². The maximum absolute atomic E-state index is 12.3. The number of halogens is 1. The Kier molecular flexibility index (Phi) is 6.27. The summed E-state index contributed by atoms with van der Waals surface area (Å²) >= 11 is 6.01. The molecule has 1 aliphatic carbocycles. The van der Waals surface area contributed by atoms with E-state index in [2.05, 4.69) is 19.2 Å². The Morgan fingerprint density at radius 2 is 2.23 bits per heavy atom. The lowest BCUT2D eigenvalue weighted by Crippen LogP contribution is -2.31. The van der Waals surface area contributed by atoms with E-state index >= 15 is 0 Å². The molecule has 0 saturated heterocycles. The van der Waals surface area contributed by atoms with Gasteiger partial charge in [-0.15, -0.1) is 0 Å². The lowest BCUT2D eigenvalue weighted by Gasteiger charge is -2.18. The molecule has 0 heterocycles. The van der Waals surface area contributed by atoms with Crippen molar-refractivity contribution in [3.8, 4) is 0 Å². The standard InChI is InChI=1S/C18H26ClNO2/c1-12(2)8-13(6-7-21)11-20-18(22)17-10-16(17)14-4-3-5-15(19)9-14/h3-5,9,12-13,16-17,21H,6-8,10-11H2,1-2H3,(H,20,22). The number of rotatable bonds is 8. The fourth-order valence-corrected chi connectivity index (χ4v) is 3.32. The molecule has 0 radical (unpaired) electrons. The Bertz CT molecular complexity index is 504. The van der Waals surface area contributed by atoms with Gasteiger partial charge in [-0.2, -0.15) is 0 Å². The third kappa shape index (κ3) is 4.99. The van der Waals surface area contributed by atoms with Gasteiger partial charge in [-0.05, 0) is 54.7 Å². The zero-order valence-corrected chi connectivity index (χ0v) is 14.1. The van der Waals surface area contributed by atoms with Crippen molar-refractivity contribution in [2.75, 3.05) is 13.2 Å². The molecule has 122 valence electrons. The predicted octanol–water partition coefficient (Wildman–Crippen LogP) is 3.60. The molecule has 4 heteroatoms. The summed E-state index contributed by atoms with van der Waals surface area (Å²) in [5, 5.41) is 12.9. The normalized spacial score (nSPS) is 21.7. The number of carbonyl (C=O) groups is 1. The molecule has 1 aromatic carbocycles. The topological polar surface area (TPSA) is 49.3 Å². The summed E-state index contributed by atoms with van der Waals surface area (Å²) in [5.41, 5.74) is 1.15. The van der Waals surface area contributed by atoms with Crippen LogP contribution in [-0.2, 0) is 4.79 Å². The fraction of sp³-hybridized carbons (Fsp3) is 0.611. The van der Waals surface area contributed by atoms with Gasteiger partial charge < -0.3 is 10.4 Å². The molecular formula is C18H26ClNO2. The van der Waals surface area contributed by atoms with Gasteiger partial charge >= 0.3 is 0 Å². The number of hydrogen-bond donors (Lipinski definition) is 2. The number of aliphatic hydroxyl groups is 1. The van der Waals surface area contributed by atoms with Crippen LogP contribution in [-0.4, -0.2) is 24.2 Å². The smallest absolute Gasteiger partial charge is 0.223 e. The molecular weight excluding hydrogens is 298 g/mol.